The molecule has 0 saturated heterocycles. The lowest BCUT2D eigenvalue weighted by Gasteiger charge is -2.16. The molecule has 1 aliphatic heterocycles. The first-order valence-electron chi connectivity index (χ1n) is 12.8. The molecular formula is C31H28N6O. The molecule has 2 aromatic heterocycles. The topological polar surface area (TPSA) is 91.6 Å². The highest BCUT2D eigenvalue weighted by Crippen LogP contribution is 2.34. The van der Waals surface area contributed by atoms with Crippen LogP contribution in [0.15, 0.2) is 83.8 Å². The summed E-state index contributed by atoms with van der Waals surface area (Å²) in [4.78, 5) is 22.0. The molecular weight excluding hydrogens is 472 g/mol. The molecule has 3 heterocycles. The van der Waals surface area contributed by atoms with Gasteiger partial charge < -0.3 is 10.6 Å². The van der Waals surface area contributed by atoms with Crippen molar-refractivity contribution in [1.29, 1.82) is 0 Å². The number of anilines is 1. The van der Waals surface area contributed by atoms with E-state index < -0.39 is 0 Å². The summed E-state index contributed by atoms with van der Waals surface area (Å²) in [6.45, 7) is 8.52. The largest absolute Gasteiger partial charge is 0.356 e. The molecule has 0 spiro atoms. The monoisotopic (exact) mass is 500 g/mol. The number of hydrogen-bond donors (Lipinski definition) is 2. The van der Waals surface area contributed by atoms with E-state index in [0.717, 1.165) is 55.9 Å². The van der Waals surface area contributed by atoms with E-state index in [1.54, 1.807) is 18.3 Å². The van der Waals surface area contributed by atoms with Crippen LogP contribution >= 0.6 is 0 Å². The van der Waals surface area contributed by atoms with E-state index in [2.05, 4.69) is 64.4 Å². The summed E-state index contributed by atoms with van der Waals surface area (Å²) in [6.07, 6.45) is 6.56. The molecule has 6 rings (SSSR count). The standard InChI is InChI=1S/C31H28N6O/c1-18-13-19(2)30-26(14-18)25(15-27(34-30)23-5-4-12-32-17-23)20(3)33-24-10-8-22(9-11-24)31(38)35-29-16-28(36-37-29)21-6-7-21/h4-5,8-15,17,21,33H,3,6-7,16H2,1-2H3,(H,35,37,38). The average molecular weight is 501 g/mol. The lowest BCUT2D eigenvalue weighted by atomic mass is 9.98. The third-order valence-corrected chi connectivity index (χ3v) is 6.93. The molecule has 1 fully saturated rings. The van der Waals surface area contributed by atoms with Crippen LogP contribution in [0.25, 0.3) is 27.9 Å². The Morgan fingerprint density at radius 1 is 1.00 bits per heavy atom. The third kappa shape index (κ3) is 4.83. The Morgan fingerprint density at radius 2 is 1.82 bits per heavy atom. The minimum atomic E-state index is -0.187. The van der Waals surface area contributed by atoms with Crippen molar-refractivity contribution in [1.82, 2.24) is 15.3 Å². The number of nitrogens with zero attached hydrogens (tertiary/aromatic N) is 4. The average Bonchev–Trinajstić information content (AvgIpc) is 3.67. The quantitative estimate of drug-likeness (QED) is 0.325. The van der Waals surface area contributed by atoms with Crippen molar-refractivity contribution in [2.45, 2.75) is 33.1 Å². The minimum absolute atomic E-state index is 0.187. The number of amides is 1. The second kappa shape index (κ2) is 9.67. The predicted octanol–water partition coefficient (Wildman–Crippen LogP) is 6.29. The maximum absolute atomic E-state index is 12.7. The Bertz CT molecular complexity index is 1630. The second-order valence-electron chi connectivity index (χ2n) is 10.00. The lowest BCUT2D eigenvalue weighted by molar-refractivity contribution is 0.0976. The molecule has 7 nitrogen and oxygen atoms in total. The summed E-state index contributed by atoms with van der Waals surface area (Å²) in [7, 11) is 0. The molecule has 1 amide bonds. The third-order valence-electron chi connectivity index (χ3n) is 6.93. The van der Waals surface area contributed by atoms with E-state index in [4.69, 9.17) is 4.98 Å². The molecule has 2 aromatic carbocycles. The van der Waals surface area contributed by atoms with Gasteiger partial charge in [0.25, 0.3) is 5.91 Å². The van der Waals surface area contributed by atoms with E-state index in [1.165, 1.54) is 12.8 Å². The maximum atomic E-state index is 12.7. The van der Waals surface area contributed by atoms with Gasteiger partial charge in [-0.25, -0.2) is 4.98 Å². The van der Waals surface area contributed by atoms with Gasteiger partial charge in [0.15, 0.2) is 0 Å². The summed E-state index contributed by atoms with van der Waals surface area (Å²) in [5.41, 5.74) is 9.18. The highest BCUT2D eigenvalue weighted by molar-refractivity contribution is 6.15. The zero-order valence-corrected chi connectivity index (χ0v) is 21.5. The van der Waals surface area contributed by atoms with Gasteiger partial charge >= 0.3 is 0 Å². The van der Waals surface area contributed by atoms with Crippen molar-refractivity contribution in [2.75, 3.05) is 5.32 Å². The first kappa shape index (κ1) is 23.7. The Balaban J connectivity index is 1.22. The van der Waals surface area contributed by atoms with E-state index in [1.807, 2.05) is 30.5 Å². The second-order valence-corrected chi connectivity index (χ2v) is 10.00. The Kier molecular flexibility index (Phi) is 6.04. The first-order valence-corrected chi connectivity index (χ1v) is 12.8. The van der Waals surface area contributed by atoms with Crippen LogP contribution in [0, 0.1) is 19.8 Å². The molecule has 4 aromatic rings. The molecule has 7 heteroatoms. The molecule has 0 unspecified atom stereocenters. The fraction of sp³-hybridized carbons (Fsp3) is 0.194. The van der Waals surface area contributed by atoms with Crippen molar-refractivity contribution < 1.29 is 4.79 Å². The molecule has 2 N–H and O–H groups in total. The molecule has 0 atom stereocenters. The normalized spacial score (nSPS) is 14.7. The number of carbonyl (C=O) groups excluding carboxylic acids is 1. The number of fused-ring (bicyclic) bond motifs is 1. The van der Waals surface area contributed by atoms with Crippen LogP contribution in [0.4, 0.5) is 5.69 Å². The number of aryl methyl sites for hydroxylation is 2. The molecule has 1 saturated carbocycles. The minimum Gasteiger partial charge on any atom is -0.356 e. The van der Waals surface area contributed by atoms with Crippen LogP contribution in [0.2, 0.25) is 0 Å². The molecule has 38 heavy (non-hydrogen) atoms. The zero-order valence-electron chi connectivity index (χ0n) is 21.5. The number of aromatic nitrogens is 2. The van der Waals surface area contributed by atoms with Crippen LogP contribution in [-0.2, 0) is 0 Å². The number of hydrogen-bond acceptors (Lipinski definition) is 6. The summed E-state index contributed by atoms with van der Waals surface area (Å²) >= 11 is 0. The van der Waals surface area contributed by atoms with Gasteiger partial charge in [-0.15, -0.1) is 5.10 Å². The van der Waals surface area contributed by atoms with E-state index >= 15 is 0 Å². The number of benzene rings is 2. The van der Waals surface area contributed by atoms with Crippen LogP contribution < -0.4 is 10.6 Å². The van der Waals surface area contributed by atoms with Crippen molar-refractivity contribution in [3.63, 3.8) is 0 Å². The van der Waals surface area contributed by atoms with Crippen molar-refractivity contribution in [2.24, 2.45) is 16.1 Å². The van der Waals surface area contributed by atoms with E-state index in [0.29, 0.717) is 23.7 Å². The summed E-state index contributed by atoms with van der Waals surface area (Å²) in [6, 6.07) is 17.6. The highest BCUT2D eigenvalue weighted by Gasteiger charge is 2.31. The number of amidine groups is 1. The van der Waals surface area contributed by atoms with E-state index in [-0.39, 0.29) is 5.91 Å². The van der Waals surface area contributed by atoms with Crippen LogP contribution in [-0.4, -0.2) is 27.4 Å². The van der Waals surface area contributed by atoms with Gasteiger partial charge in [-0.3, -0.25) is 9.78 Å². The lowest BCUT2D eigenvalue weighted by Crippen LogP contribution is -2.30. The van der Waals surface area contributed by atoms with Gasteiger partial charge in [0.05, 0.1) is 16.9 Å². The van der Waals surface area contributed by atoms with Crippen molar-refractivity contribution in [3.05, 3.63) is 95.8 Å². The maximum Gasteiger partial charge on any atom is 0.256 e. The molecule has 1 aliphatic carbocycles. The number of nitrogens with one attached hydrogen (secondary N) is 2. The molecule has 0 bridgehead atoms. The van der Waals surface area contributed by atoms with Gasteiger partial charge in [-0.1, -0.05) is 18.2 Å². The van der Waals surface area contributed by atoms with Gasteiger partial charge in [0.1, 0.15) is 5.84 Å². The summed E-state index contributed by atoms with van der Waals surface area (Å²) in [5.74, 6) is 0.984. The first-order chi connectivity index (χ1) is 18.4. The zero-order chi connectivity index (χ0) is 26.2. The van der Waals surface area contributed by atoms with Gasteiger partial charge in [0.2, 0.25) is 0 Å². The number of rotatable bonds is 6. The van der Waals surface area contributed by atoms with Crippen LogP contribution in [0.5, 0.6) is 0 Å². The fourth-order valence-corrected chi connectivity index (χ4v) is 4.82. The highest BCUT2D eigenvalue weighted by atomic mass is 16.1. The van der Waals surface area contributed by atoms with Gasteiger partial charge in [-0.2, -0.15) is 5.10 Å². The van der Waals surface area contributed by atoms with Crippen molar-refractivity contribution in [3.8, 4) is 11.3 Å². The van der Waals surface area contributed by atoms with Crippen molar-refractivity contribution >= 4 is 39.7 Å². The molecule has 2 aliphatic rings. The Hall–Kier alpha value is -4.65. The SMILES string of the molecule is C=C(Nc1ccc(C(=O)NC2=NN=C(C3CC3)C2)cc1)c1cc(-c2cccnc2)nc2c(C)cc(C)cc12. The molecule has 0 radical (unpaired) electrons. The predicted molar refractivity (Wildman–Crippen MR) is 153 cm³/mol. The number of pyridine rings is 2. The fourth-order valence-electron chi connectivity index (χ4n) is 4.82. The Morgan fingerprint density at radius 3 is 2.55 bits per heavy atom. The summed E-state index contributed by atoms with van der Waals surface area (Å²) < 4.78 is 0. The molecule has 188 valence electrons. The van der Waals surface area contributed by atoms with Gasteiger partial charge in [-0.05, 0) is 86.7 Å². The van der Waals surface area contributed by atoms with Crippen LogP contribution in [0.3, 0.4) is 0 Å². The smallest absolute Gasteiger partial charge is 0.256 e. The number of carbonyl (C=O) groups is 1. The summed E-state index contributed by atoms with van der Waals surface area (Å²) in [5, 5.41) is 15.7. The van der Waals surface area contributed by atoms with E-state index in [9.17, 15) is 4.79 Å². The van der Waals surface area contributed by atoms with Gasteiger partial charge in [0, 0.05) is 52.3 Å². The van der Waals surface area contributed by atoms with Crippen LogP contribution in [0.1, 0.15) is 46.3 Å². The Labute approximate surface area is 221 Å².